The van der Waals surface area contributed by atoms with Crippen LogP contribution in [0.25, 0.3) is 67.1 Å². The minimum Gasteiger partial charge on any atom is -0.673 e. The van der Waals surface area contributed by atoms with E-state index in [9.17, 15) is 0 Å². The van der Waals surface area contributed by atoms with Gasteiger partial charge in [0.25, 0.3) is 0 Å². The molecule has 9 rings (SSSR count). The summed E-state index contributed by atoms with van der Waals surface area (Å²) in [6.45, 7) is 0. The molecule has 2 unspecified atom stereocenters. The number of hydrogen-bond acceptors (Lipinski definition) is 2. The smallest absolute Gasteiger partial charge is 0.673 e. The SMILES string of the molecule is C1=CC(c2ccc(C3C=Cc4ccc5ccc(-c6ccccc6)nc5c4[N-]3)cc2)[N-]c2c1ccc1ccc(-c3ccccc3)nc21.[Li+].[Li+]. The summed E-state index contributed by atoms with van der Waals surface area (Å²) >= 11 is 0. The van der Waals surface area contributed by atoms with Crippen molar-refractivity contribution in [3.8, 4) is 22.5 Å². The van der Waals surface area contributed by atoms with Crippen LogP contribution in [0, 0.1) is 0 Å². The summed E-state index contributed by atoms with van der Waals surface area (Å²) in [5.74, 6) is 0. The summed E-state index contributed by atoms with van der Waals surface area (Å²) in [5, 5.41) is 12.6. The molecule has 4 nitrogen and oxygen atoms in total. The van der Waals surface area contributed by atoms with Gasteiger partial charge in [-0.15, -0.1) is 11.4 Å². The van der Waals surface area contributed by atoms with Gasteiger partial charge in [0.15, 0.2) is 0 Å². The van der Waals surface area contributed by atoms with E-state index in [2.05, 4.69) is 121 Å². The predicted octanol–water partition coefficient (Wildman–Crippen LogP) is 5.67. The molecule has 48 heavy (non-hydrogen) atoms. The van der Waals surface area contributed by atoms with Gasteiger partial charge in [0.2, 0.25) is 0 Å². The van der Waals surface area contributed by atoms with E-state index in [1.807, 2.05) is 36.4 Å². The molecule has 2 atom stereocenters. The van der Waals surface area contributed by atoms with Crippen LogP contribution < -0.4 is 37.7 Å². The van der Waals surface area contributed by atoms with E-state index in [1.54, 1.807) is 0 Å². The third-order valence-electron chi connectivity index (χ3n) is 8.94. The van der Waals surface area contributed by atoms with Gasteiger partial charge in [0.05, 0.1) is 22.4 Å². The van der Waals surface area contributed by atoms with Gasteiger partial charge in [-0.3, -0.25) is 0 Å². The minimum atomic E-state index is -0.0848. The van der Waals surface area contributed by atoms with Gasteiger partial charge in [0.1, 0.15) is 0 Å². The molecular formula is C42H28Li2N4. The zero-order valence-electron chi connectivity index (χ0n) is 27.0. The van der Waals surface area contributed by atoms with E-state index in [4.69, 9.17) is 20.6 Å². The number of pyridine rings is 2. The monoisotopic (exact) mass is 602 g/mol. The van der Waals surface area contributed by atoms with Crippen molar-refractivity contribution < 1.29 is 37.7 Å². The molecule has 0 spiro atoms. The van der Waals surface area contributed by atoms with Crippen molar-refractivity contribution in [2.24, 2.45) is 0 Å². The quantitative estimate of drug-likeness (QED) is 0.244. The molecule has 0 aliphatic carbocycles. The van der Waals surface area contributed by atoms with Crippen LogP contribution in [-0.4, -0.2) is 9.97 Å². The maximum absolute atomic E-state index is 5.22. The Hall–Kier alpha value is -4.81. The fourth-order valence-electron chi connectivity index (χ4n) is 6.47. The summed E-state index contributed by atoms with van der Waals surface area (Å²) < 4.78 is 0. The van der Waals surface area contributed by atoms with Crippen LogP contribution >= 0.6 is 0 Å². The Morgan fingerprint density at radius 2 is 0.812 bits per heavy atom. The third kappa shape index (κ3) is 5.79. The maximum atomic E-state index is 5.22. The second kappa shape index (κ2) is 13.4. The number of benzene rings is 5. The average Bonchev–Trinajstić information content (AvgIpc) is 3.14. The summed E-state index contributed by atoms with van der Waals surface area (Å²) in [7, 11) is 0. The number of nitrogens with zero attached hydrogens (tertiary/aromatic N) is 4. The number of aromatic nitrogens is 2. The van der Waals surface area contributed by atoms with Crippen LogP contribution in [-0.2, 0) is 0 Å². The third-order valence-corrected chi connectivity index (χ3v) is 8.94. The van der Waals surface area contributed by atoms with Crippen molar-refractivity contribution >= 4 is 45.3 Å². The largest absolute Gasteiger partial charge is 1.00 e. The summed E-state index contributed by atoms with van der Waals surface area (Å²) in [6, 6.07) is 46.2. The zero-order chi connectivity index (χ0) is 30.5. The first-order chi connectivity index (χ1) is 22.8. The topological polar surface area (TPSA) is 54.0 Å². The van der Waals surface area contributed by atoms with Crippen molar-refractivity contribution in [2.45, 2.75) is 12.1 Å². The van der Waals surface area contributed by atoms with Gasteiger partial charge >= 0.3 is 37.7 Å². The van der Waals surface area contributed by atoms with Crippen LogP contribution in [0.4, 0.5) is 11.4 Å². The van der Waals surface area contributed by atoms with E-state index in [0.29, 0.717) is 0 Å². The minimum absolute atomic E-state index is 0. The first-order valence-corrected chi connectivity index (χ1v) is 15.6. The molecule has 0 fully saturated rings. The molecular weight excluding hydrogens is 574 g/mol. The van der Waals surface area contributed by atoms with E-state index in [-0.39, 0.29) is 49.8 Å². The van der Waals surface area contributed by atoms with Gasteiger partial charge in [-0.1, -0.05) is 169 Å². The van der Waals surface area contributed by atoms with Crippen molar-refractivity contribution in [3.05, 3.63) is 178 Å². The van der Waals surface area contributed by atoms with E-state index in [1.165, 1.54) is 0 Å². The Morgan fingerprint density at radius 1 is 0.417 bits per heavy atom. The van der Waals surface area contributed by atoms with Crippen molar-refractivity contribution in [1.82, 2.24) is 9.97 Å². The number of rotatable bonds is 4. The molecule has 218 valence electrons. The Balaban J connectivity index is 0.00000182. The predicted molar refractivity (Wildman–Crippen MR) is 190 cm³/mol. The van der Waals surface area contributed by atoms with Crippen LogP contribution in [0.3, 0.4) is 0 Å². The van der Waals surface area contributed by atoms with Crippen molar-refractivity contribution in [2.75, 3.05) is 0 Å². The number of fused-ring (bicyclic) bond motifs is 6. The molecule has 6 heteroatoms. The van der Waals surface area contributed by atoms with Gasteiger partial charge in [0, 0.05) is 11.1 Å². The van der Waals surface area contributed by atoms with Gasteiger partial charge in [-0.25, -0.2) is 9.97 Å². The second-order valence-corrected chi connectivity index (χ2v) is 11.8. The summed E-state index contributed by atoms with van der Waals surface area (Å²) in [5.41, 5.74) is 12.4. The Bertz CT molecular complexity index is 2150. The van der Waals surface area contributed by atoms with E-state index >= 15 is 0 Å². The first-order valence-electron chi connectivity index (χ1n) is 15.6. The molecule has 5 aromatic carbocycles. The van der Waals surface area contributed by atoms with Crippen LogP contribution in [0.2, 0.25) is 0 Å². The first kappa shape index (κ1) is 31.8. The Morgan fingerprint density at radius 3 is 1.23 bits per heavy atom. The molecule has 2 aliphatic heterocycles. The van der Waals surface area contributed by atoms with Gasteiger partial charge in [-0.05, 0) is 34.0 Å². The molecule has 2 aromatic heterocycles. The molecule has 2 aliphatic rings. The standard InChI is InChI=1S/C42H28N4.2Li/c1-3-7-27(8-4-1)35-23-19-31-15-17-33-21-25-37(45-41(33)39(31)43-35)29-11-13-30(14-12-29)38-26-22-34-18-16-32-20-24-36(28-9-5-2-6-10-28)44-40(32)42(34)46-38;;/h1-26,37-38H;;/q-2;2*+1. The molecule has 0 radical (unpaired) electrons. The normalized spacial score (nSPS) is 15.8. The maximum Gasteiger partial charge on any atom is 1.00 e. The van der Waals surface area contributed by atoms with Crippen LogP contribution in [0.1, 0.15) is 34.3 Å². The van der Waals surface area contributed by atoms with Gasteiger partial charge < -0.3 is 10.6 Å². The molecule has 0 saturated carbocycles. The average molecular weight is 603 g/mol. The summed E-state index contributed by atoms with van der Waals surface area (Å²) in [4.78, 5) is 10.1. The van der Waals surface area contributed by atoms with Crippen molar-refractivity contribution in [1.29, 1.82) is 0 Å². The fraction of sp³-hybridized carbons (Fsp3) is 0.0476. The Labute approximate surface area is 304 Å². The van der Waals surface area contributed by atoms with Crippen LogP contribution in [0.15, 0.2) is 146 Å². The van der Waals surface area contributed by atoms with E-state index < -0.39 is 0 Å². The van der Waals surface area contributed by atoms with Crippen LogP contribution in [0.5, 0.6) is 0 Å². The molecule has 0 amide bonds. The van der Waals surface area contributed by atoms with Crippen molar-refractivity contribution in [3.63, 3.8) is 0 Å². The molecule has 7 aromatic rings. The molecule has 0 N–H and O–H groups in total. The fourth-order valence-corrected chi connectivity index (χ4v) is 6.47. The Kier molecular flexibility index (Phi) is 8.85. The zero-order valence-corrected chi connectivity index (χ0v) is 27.0. The number of hydrogen-bond donors (Lipinski definition) is 0. The second-order valence-electron chi connectivity index (χ2n) is 11.8. The summed E-state index contributed by atoms with van der Waals surface area (Å²) in [6.07, 6.45) is 8.70. The molecule has 4 heterocycles. The molecule has 0 bridgehead atoms. The molecule has 0 saturated heterocycles. The van der Waals surface area contributed by atoms with Gasteiger partial charge in [-0.2, -0.15) is 0 Å². The van der Waals surface area contributed by atoms with E-state index in [0.717, 1.165) is 77.9 Å².